The zero-order chi connectivity index (χ0) is 57.9. The second kappa shape index (κ2) is 58.6. The number of likely N-dealkylation sites (N-methyl/N-ethyl adjacent to an activating group) is 1. The first-order valence-electron chi connectivity index (χ1n) is 33.2. The molecule has 1 N–H and O–H groups in total. The average Bonchev–Trinajstić information content (AvgIpc) is 3.41. The summed E-state index contributed by atoms with van der Waals surface area (Å²) < 4.78 is 30.4. The number of carbonyl (C=O) groups is 2. The van der Waals surface area contributed by atoms with Crippen LogP contribution in [0.25, 0.3) is 0 Å². The highest BCUT2D eigenvalue weighted by Gasteiger charge is 2.27. The first kappa shape index (κ1) is 76.5. The van der Waals surface area contributed by atoms with Gasteiger partial charge in [0.15, 0.2) is 0 Å². The van der Waals surface area contributed by atoms with E-state index in [9.17, 15) is 19.0 Å². The molecule has 0 radical (unpaired) electrons. The Morgan fingerprint density at radius 1 is 0.443 bits per heavy atom. The van der Waals surface area contributed by atoms with Gasteiger partial charge in [-0.3, -0.25) is 14.2 Å². The minimum Gasteiger partial charge on any atom is -0.756 e. The molecule has 1 amide bonds. The predicted octanol–water partition coefficient (Wildman–Crippen LogP) is 20.2. The number of quaternary nitrogens is 1. The molecule has 460 valence electrons. The molecule has 0 heterocycles. The van der Waals surface area contributed by atoms with E-state index in [1.165, 1.54) is 173 Å². The molecular formula is C69H127N2O7P. The smallest absolute Gasteiger partial charge is 0.306 e. The Bertz CT molecular complexity index is 1580. The molecule has 0 saturated carbocycles. The fourth-order valence-corrected chi connectivity index (χ4v) is 10.2. The Labute approximate surface area is 489 Å². The molecular weight excluding hydrogens is 1000 g/mol. The Kier molecular flexibility index (Phi) is 56.7. The lowest BCUT2D eigenvalue weighted by molar-refractivity contribution is -0.870. The van der Waals surface area contributed by atoms with Crippen LogP contribution in [0.2, 0.25) is 0 Å². The molecule has 3 unspecified atom stereocenters. The number of nitrogens with one attached hydrogen (secondary N) is 1. The van der Waals surface area contributed by atoms with Gasteiger partial charge in [0.05, 0.1) is 33.8 Å². The molecule has 0 aliphatic rings. The summed E-state index contributed by atoms with van der Waals surface area (Å²) in [4.78, 5) is 40.1. The third-order valence-corrected chi connectivity index (χ3v) is 15.6. The molecule has 10 heteroatoms. The molecule has 0 rings (SSSR count). The van der Waals surface area contributed by atoms with Gasteiger partial charge in [0.1, 0.15) is 19.3 Å². The summed E-state index contributed by atoms with van der Waals surface area (Å²) in [7, 11) is 1.18. The van der Waals surface area contributed by atoms with Gasteiger partial charge in [-0.1, -0.05) is 261 Å². The van der Waals surface area contributed by atoms with Crippen molar-refractivity contribution in [2.75, 3.05) is 40.9 Å². The number of hydrogen-bond donors (Lipinski definition) is 1. The molecule has 79 heavy (non-hydrogen) atoms. The second-order valence-electron chi connectivity index (χ2n) is 23.6. The van der Waals surface area contributed by atoms with E-state index in [0.29, 0.717) is 17.4 Å². The molecule has 0 aliphatic carbocycles. The van der Waals surface area contributed by atoms with Crippen molar-refractivity contribution in [2.45, 2.75) is 315 Å². The van der Waals surface area contributed by atoms with Crippen molar-refractivity contribution < 1.29 is 37.3 Å². The van der Waals surface area contributed by atoms with Crippen molar-refractivity contribution in [1.82, 2.24) is 5.32 Å². The van der Waals surface area contributed by atoms with Crippen LogP contribution in [-0.2, 0) is 27.9 Å². The summed E-state index contributed by atoms with van der Waals surface area (Å²) in [5, 5.41) is 3.03. The van der Waals surface area contributed by atoms with Crippen LogP contribution in [-0.4, -0.2) is 69.4 Å². The van der Waals surface area contributed by atoms with Crippen molar-refractivity contribution in [1.29, 1.82) is 0 Å². The number of hydrogen-bond acceptors (Lipinski definition) is 7. The van der Waals surface area contributed by atoms with Crippen molar-refractivity contribution in [3.05, 3.63) is 72.9 Å². The van der Waals surface area contributed by atoms with Gasteiger partial charge in [-0.2, -0.15) is 0 Å². The van der Waals surface area contributed by atoms with Crippen LogP contribution in [0.5, 0.6) is 0 Å². The van der Waals surface area contributed by atoms with E-state index in [0.717, 1.165) is 96.3 Å². The van der Waals surface area contributed by atoms with Gasteiger partial charge in [0.2, 0.25) is 5.91 Å². The molecule has 3 atom stereocenters. The van der Waals surface area contributed by atoms with E-state index in [1.54, 1.807) is 0 Å². The van der Waals surface area contributed by atoms with Crippen molar-refractivity contribution >= 4 is 19.7 Å². The summed E-state index contributed by atoms with van der Waals surface area (Å²) in [5.41, 5.74) is 0. The lowest BCUT2D eigenvalue weighted by Gasteiger charge is -2.30. The number of rotatable bonds is 60. The minimum absolute atomic E-state index is 0.0255. The molecule has 9 nitrogen and oxygen atoms in total. The molecule has 0 bridgehead atoms. The second-order valence-corrected chi connectivity index (χ2v) is 25.0. The number of amides is 1. The number of ether oxygens (including phenoxy) is 1. The zero-order valence-electron chi connectivity index (χ0n) is 52.6. The molecule has 0 aromatic carbocycles. The number of esters is 1. The van der Waals surface area contributed by atoms with Crippen molar-refractivity contribution in [3.8, 4) is 0 Å². The van der Waals surface area contributed by atoms with E-state index < -0.39 is 26.6 Å². The topological polar surface area (TPSA) is 114 Å². The van der Waals surface area contributed by atoms with Crippen molar-refractivity contribution in [2.24, 2.45) is 0 Å². The lowest BCUT2D eigenvalue weighted by Crippen LogP contribution is -2.47. The molecule has 0 aromatic rings. The maximum Gasteiger partial charge on any atom is 0.306 e. The van der Waals surface area contributed by atoms with E-state index in [2.05, 4.69) is 86.8 Å². The maximum atomic E-state index is 13.6. The number of phosphoric ester groups is 1. The fraction of sp³-hybridized carbons (Fsp3) is 0.797. The number of allylic oxidation sites excluding steroid dienone is 11. The van der Waals surface area contributed by atoms with Gasteiger partial charge in [0, 0.05) is 12.8 Å². The highest BCUT2D eigenvalue weighted by atomic mass is 31.2. The van der Waals surface area contributed by atoms with E-state index in [1.807, 2.05) is 33.3 Å². The summed E-state index contributed by atoms with van der Waals surface area (Å²) in [5.74, 6) is -0.545. The summed E-state index contributed by atoms with van der Waals surface area (Å²) in [6, 6.07) is -0.894. The Morgan fingerprint density at radius 2 is 0.772 bits per heavy atom. The molecule has 0 aliphatic heterocycles. The highest BCUT2D eigenvalue weighted by molar-refractivity contribution is 7.45. The normalized spacial score (nSPS) is 14.1. The van der Waals surface area contributed by atoms with Gasteiger partial charge >= 0.3 is 5.97 Å². The van der Waals surface area contributed by atoms with Gasteiger partial charge in [-0.15, -0.1) is 0 Å². The van der Waals surface area contributed by atoms with Gasteiger partial charge in [-0.25, -0.2) is 0 Å². The number of nitrogens with zero attached hydrogens (tertiary/aromatic N) is 1. The highest BCUT2D eigenvalue weighted by Crippen LogP contribution is 2.38. The first-order chi connectivity index (χ1) is 38.4. The van der Waals surface area contributed by atoms with Crippen LogP contribution >= 0.6 is 7.82 Å². The third-order valence-electron chi connectivity index (χ3n) is 14.6. The Hall–Kier alpha value is -2.55. The summed E-state index contributed by atoms with van der Waals surface area (Å²) in [6.07, 6.45) is 75.8. The number of phosphoric acid groups is 1. The SMILES string of the molecule is CCCCC/C=C\C/C=C\C/C=C\CCCCCCCCCCCCC(=O)OC(/C=C/CCCCCCCCCCC)C(COP(=O)([O-])OCC[N+](C)(C)C)NC(=O)CCCCCCCCCCC/C=C\C/C=C\CCCCC. The van der Waals surface area contributed by atoms with E-state index in [-0.39, 0.29) is 24.9 Å². The van der Waals surface area contributed by atoms with E-state index in [4.69, 9.17) is 13.8 Å². The van der Waals surface area contributed by atoms with Gasteiger partial charge in [0.25, 0.3) is 7.82 Å². The fourth-order valence-electron chi connectivity index (χ4n) is 9.44. The van der Waals surface area contributed by atoms with Crippen molar-refractivity contribution in [3.63, 3.8) is 0 Å². The molecule has 0 aromatic heterocycles. The Balaban J connectivity index is 5.13. The molecule has 0 saturated heterocycles. The summed E-state index contributed by atoms with van der Waals surface area (Å²) >= 11 is 0. The van der Waals surface area contributed by atoms with Crippen LogP contribution in [0.1, 0.15) is 303 Å². The van der Waals surface area contributed by atoms with Crippen LogP contribution < -0.4 is 10.2 Å². The quantitative estimate of drug-likeness (QED) is 0.0212. The molecule has 0 spiro atoms. The number of carbonyl (C=O) groups excluding carboxylic acids is 2. The first-order valence-corrected chi connectivity index (χ1v) is 34.7. The maximum absolute atomic E-state index is 13.6. The van der Waals surface area contributed by atoms with Crippen LogP contribution in [0.15, 0.2) is 72.9 Å². The monoisotopic (exact) mass is 1130 g/mol. The predicted molar refractivity (Wildman–Crippen MR) is 339 cm³/mol. The third kappa shape index (κ3) is 59.9. The van der Waals surface area contributed by atoms with Crippen LogP contribution in [0, 0.1) is 0 Å². The standard InChI is InChI=1S/C69H127N2O7P/c1-7-10-13-16-19-22-25-27-29-31-33-34-35-36-38-40-42-44-47-50-53-56-59-62-69(73)78-67(60-57-54-51-48-45-24-21-18-15-12-9-3)66(65-77-79(74,75)76-64-63-71(4,5)6)70-68(72)61-58-55-52-49-46-43-41-39-37-32-30-28-26-23-20-17-14-11-8-2/h19-20,22-23,27-30,33-34,57,60,66-67H,7-18,21,24-26,31-32,35-56,58-59,61-65H2,1-6H3,(H-,70,72,74,75)/b22-19-,23-20-,29-27-,30-28-,34-33-,60-57+. The van der Waals surface area contributed by atoms with E-state index >= 15 is 0 Å². The van der Waals surface area contributed by atoms with Crippen LogP contribution in [0.3, 0.4) is 0 Å². The van der Waals surface area contributed by atoms with Gasteiger partial charge < -0.3 is 28.5 Å². The minimum atomic E-state index is -4.70. The lowest BCUT2D eigenvalue weighted by atomic mass is 10.0. The summed E-state index contributed by atoms with van der Waals surface area (Å²) in [6.45, 7) is 6.80. The molecule has 0 fully saturated rings. The largest absolute Gasteiger partial charge is 0.756 e. The van der Waals surface area contributed by atoms with Crippen LogP contribution in [0.4, 0.5) is 0 Å². The van der Waals surface area contributed by atoms with Gasteiger partial charge in [-0.05, 0) is 102 Å². The number of unbranched alkanes of at least 4 members (excludes halogenated alkanes) is 34. The zero-order valence-corrected chi connectivity index (χ0v) is 53.5. The average molecular weight is 1130 g/mol. The Morgan fingerprint density at radius 3 is 1.18 bits per heavy atom.